The molecule has 2 amide bonds. The van der Waals surface area contributed by atoms with E-state index in [-0.39, 0.29) is 24.3 Å². The molecule has 1 fully saturated rings. The molecular formula is C17H20N4O2S. The lowest BCUT2D eigenvalue weighted by atomic mass is 9.92. The summed E-state index contributed by atoms with van der Waals surface area (Å²) >= 11 is 1.37. The maximum absolute atomic E-state index is 12.7. The van der Waals surface area contributed by atoms with Crippen LogP contribution < -0.4 is 5.32 Å². The first kappa shape index (κ1) is 16.6. The van der Waals surface area contributed by atoms with E-state index in [1.165, 1.54) is 11.3 Å². The van der Waals surface area contributed by atoms with E-state index in [1.807, 2.05) is 38.1 Å². The Bertz CT molecular complexity index is 756. The van der Waals surface area contributed by atoms with Gasteiger partial charge in [0.2, 0.25) is 16.9 Å². The standard InChI is InChI=1S/C17H20N4O2S/c1-4-13-19-20-17(24-13)18-16(23)12-9-14(22)21(3)15(12)11-7-5-10(2)6-8-11/h5-8,12,15H,4,9H2,1-3H3,(H,18,20,23)/t12-,15-/m0/s1. The van der Waals surface area contributed by atoms with Crippen LogP contribution in [-0.4, -0.2) is 34.0 Å². The molecule has 0 radical (unpaired) electrons. The third-order valence-electron chi connectivity index (χ3n) is 4.34. The maximum atomic E-state index is 12.7. The summed E-state index contributed by atoms with van der Waals surface area (Å²) in [5.41, 5.74) is 2.12. The molecule has 1 aliphatic heterocycles. The summed E-state index contributed by atoms with van der Waals surface area (Å²) in [6.45, 7) is 4.00. The Morgan fingerprint density at radius 2 is 2.04 bits per heavy atom. The van der Waals surface area contributed by atoms with Crippen molar-refractivity contribution in [2.75, 3.05) is 12.4 Å². The highest BCUT2D eigenvalue weighted by molar-refractivity contribution is 7.15. The van der Waals surface area contributed by atoms with Crippen LogP contribution in [0.3, 0.4) is 0 Å². The van der Waals surface area contributed by atoms with Crippen molar-refractivity contribution < 1.29 is 9.59 Å². The second-order valence-electron chi connectivity index (χ2n) is 6.01. The van der Waals surface area contributed by atoms with Gasteiger partial charge in [0.1, 0.15) is 5.01 Å². The average Bonchev–Trinajstić information content (AvgIpc) is 3.14. The Balaban J connectivity index is 1.82. The molecule has 6 nitrogen and oxygen atoms in total. The van der Waals surface area contributed by atoms with Gasteiger partial charge in [-0.2, -0.15) is 0 Å². The fourth-order valence-corrected chi connectivity index (χ4v) is 3.65. The molecular weight excluding hydrogens is 324 g/mol. The second-order valence-corrected chi connectivity index (χ2v) is 7.08. The van der Waals surface area contributed by atoms with Gasteiger partial charge in [-0.25, -0.2) is 0 Å². The third-order valence-corrected chi connectivity index (χ3v) is 5.32. The fourth-order valence-electron chi connectivity index (χ4n) is 2.97. The molecule has 0 bridgehead atoms. The Morgan fingerprint density at radius 1 is 1.33 bits per heavy atom. The van der Waals surface area contributed by atoms with Crippen molar-refractivity contribution >= 4 is 28.3 Å². The van der Waals surface area contributed by atoms with E-state index >= 15 is 0 Å². The number of aromatic nitrogens is 2. The quantitative estimate of drug-likeness (QED) is 0.925. The van der Waals surface area contributed by atoms with Gasteiger partial charge in [-0.05, 0) is 18.9 Å². The zero-order chi connectivity index (χ0) is 17.3. The number of hydrogen-bond acceptors (Lipinski definition) is 5. The van der Waals surface area contributed by atoms with Crippen LogP contribution in [0.2, 0.25) is 0 Å². The van der Waals surface area contributed by atoms with Crippen LogP contribution in [0.15, 0.2) is 24.3 Å². The molecule has 0 aliphatic carbocycles. The molecule has 2 aromatic rings. The largest absolute Gasteiger partial charge is 0.338 e. The number of anilines is 1. The van der Waals surface area contributed by atoms with Crippen molar-refractivity contribution in [1.29, 1.82) is 0 Å². The molecule has 0 spiro atoms. The summed E-state index contributed by atoms with van der Waals surface area (Å²) in [4.78, 5) is 26.5. The monoisotopic (exact) mass is 344 g/mol. The van der Waals surface area contributed by atoms with Crippen molar-refractivity contribution in [1.82, 2.24) is 15.1 Å². The van der Waals surface area contributed by atoms with Crippen LogP contribution in [0.4, 0.5) is 5.13 Å². The molecule has 2 atom stereocenters. The van der Waals surface area contributed by atoms with E-state index in [9.17, 15) is 9.59 Å². The van der Waals surface area contributed by atoms with Gasteiger partial charge < -0.3 is 10.2 Å². The van der Waals surface area contributed by atoms with E-state index in [2.05, 4.69) is 15.5 Å². The van der Waals surface area contributed by atoms with Gasteiger partial charge in [0.25, 0.3) is 0 Å². The lowest BCUT2D eigenvalue weighted by molar-refractivity contribution is -0.127. The number of carbonyl (C=O) groups is 2. The fraction of sp³-hybridized carbons (Fsp3) is 0.412. The number of nitrogens with one attached hydrogen (secondary N) is 1. The van der Waals surface area contributed by atoms with Crippen molar-refractivity contribution in [2.45, 2.75) is 32.7 Å². The van der Waals surface area contributed by atoms with Crippen molar-refractivity contribution in [3.05, 3.63) is 40.4 Å². The number of rotatable bonds is 4. The number of nitrogens with zero attached hydrogens (tertiary/aromatic N) is 3. The highest BCUT2D eigenvalue weighted by Crippen LogP contribution is 2.37. The van der Waals surface area contributed by atoms with Gasteiger partial charge in [-0.1, -0.05) is 48.1 Å². The molecule has 2 heterocycles. The molecule has 3 rings (SSSR count). The van der Waals surface area contributed by atoms with Gasteiger partial charge in [-0.3, -0.25) is 9.59 Å². The predicted molar refractivity (Wildman–Crippen MR) is 92.7 cm³/mol. The van der Waals surface area contributed by atoms with Crippen LogP contribution in [0, 0.1) is 12.8 Å². The lowest BCUT2D eigenvalue weighted by Gasteiger charge is -2.24. The Kier molecular flexibility index (Phi) is 4.62. The summed E-state index contributed by atoms with van der Waals surface area (Å²) in [7, 11) is 1.75. The number of likely N-dealkylation sites (tertiary alicyclic amines) is 1. The maximum Gasteiger partial charge on any atom is 0.232 e. The summed E-state index contributed by atoms with van der Waals surface area (Å²) in [6, 6.07) is 7.71. The first-order chi connectivity index (χ1) is 11.5. The molecule has 1 saturated heterocycles. The number of aryl methyl sites for hydroxylation is 2. The summed E-state index contributed by atoms with van der Waals surface area (Å²) in [5, 5.41) is 12.2. The number of carbonyl (C=O) groups excluding carboxylic acids is 2. The van der Waals surface area contributed by atoms with E-state index < -0.39 is 5.92 Å². The molecule has 1 aromatic carbocycles. The average molecular weight is 344 g/mol. The minimum absolute atomic E-state index is 0.0211. The molecule has 0 saturated carbocycles. The number of benzene rings is 1. The highest BCUT2D eigenvalue weighted by Gasteiger charge is 2.42. The second kappa shape index (κ2) is 6.68. The Hall–Kier alpha value is -2.28. The van der Waals surface area contributed by atoms with Crippen molar-refractivity contribution in [2.24, 2.45) is 5.92 Å². The number of amides is 2. The first-order valence-corrected chi connectivity index (χ1v) is 8.76. The molecule has 126 valence electrons. The van der Waals surface area contributed by atoms with Gasteiger partial charge in [0.05, 0.1) is 12.0 Å². The zero-order valence-corrected chi connectivity index (χ0v) is 14.8. The van der Waals surface area contributed by atoms with Crippen LogP contribution >= 0.6 is 11.3 Å². The molecule has 24 heavy (non-hydrogen) atoms. The third kappa shape index (κ3) is 3.17. The predicted octanol–water partition coefficient (Wildman–Crippen LogP) is 2.57. The van der Waals surface area contributed by atoms with E-state index in [1.54, 1.807) is 11.9 Å². The van der Waals surface area contributed by atoms with Crippen LogP contribution in [0.25, 0.3) is 0 Å². The minimum Gasteiger partial charge on any atom is -0.338 e. The van der Waals surface area contributed by atoms with Crippen LogP contribution in [0.1, 0.15) is 35.5 Å². The van der Waals surface area contributed by atoms with Crippen molar-refractivity contribution in [3.8, 4) is 0 Å². The summed E-state index contributed by atoms with van der Waals surface area (Å²) in [5.74, 6) is -0.636. The van der Waals surface area contributed by atoms with Gasteiger partial charge in [0.15, 0.2) is 0 Å². The zero-order valence-electron chi connectivity index (χ0n) is 13.9. The van der Waals surface area contributed by atoms with Crippen LogP contribution in [0.5, 0.6) is 0 Å². The first-order valence-electron chi connectivity index (χ1n) is 7.95. The molecule has 0 unspecified atom stereocenters. The highest BCUT2D eigenvalue weighted by atomic mass is 32.1. The van der Waals surface area contributed by atoms with Gasteiger partial charge in [0, 0.05) is 13.5 Å². The molecule has 1 N–H and O–H groups in total. The minimum atomic E-state index is -0.431. The Morgan fingerprint density at radius 3 is 2.67 bits per heavy atom. The molecule has 7 heteroatoms. The van der Waals surface area contributed by atoms with E-state index in [0.717, 1.165) is 22.6 Å². The van der Waals surface area contributed by atoms with E-state index in [4.69, 9.17) is 0 Å². The lowest BCUT2D eigenvalue weighted by Crippen LogP contribution is -2.30. The van der Waals surface area contributed by atoms with Crippen molar-refractivity contribution in [3.63, 3.8) is 0 Å². The number of hydrogen-bond donors (Lipinski definition) is 1. The smallest absolute Gasteiger partial charge is 0.232 e. The molecule has 1 aromatic heterocycles. The summed E-state index contributed by atoms with van der Waals surface area (Å²) in [6.07, 6.45) is 0.991. The molecule has 1 aliphatic rings. The Labute approximate surface area is 144 Å². The topological polar surface area (TPSA) is 75.2 Å². The SMILES string of the molecule is CCc1nnc(NC(=O)[C@H]2CC(=O)N(C)[C@H]2c2ccc(C)cc2)s1. The summed E-state index contributed by atoms with van der Waals surface area (Å²) < 4.78 is 0. The van der Waals surface area contributed by atoms with Crippen LogP contribution in [-0.2, 0) is 16.0 Å². The van der Waals surface area contributed by atoms with Gasteiger partial charge in [-0.15, -0.1) is 10.2 Å². The normalized spacial score (nSPS) is 20.5. The van der Waals surface area contributed by atoms with E-state index in [0.29, 0.717) is 5.13 Å². The van der Waals surface area contributed by atoms with Gasteiger partial charge >= 0.3 is 0 Å².